The Morgan fingerprint density at radius 3 is 2.46 bits per heavy atom. The van der Waals surface area contributed by atoms with Gasteiger partial charge in [0.15, 0.2) is 6.61 Å². The number of hydrogen-bond acceptors (Lipinski definition) is 3. The van der Waals surface area contributed by atoms with Crippen LogP contribution < -0.4 is 10.1 Å². The highest BCUT2D eigenvalue weighted by Gasteiger charge is 2.32. The molecule has 0 unspecified atom stereocenters. The van der Waals surface area contributed by atoms with E-state index in [1.165, 1.54) is 0 Å². The van der Waals surface area contributed by atoms with Crippen molar-refractivity contribution in [2.45, 2.75) is 57.7 Å². The van der Waals surface area contributed by atoms with Crippen LogP contribution in [0.25, 0.3) is 0 Å². The minimum Gasteiger partial charge on any atom is -0.482 e. The molecule has 0 heterocycles. The van der Waals surface area contributed by atoms with Crippen LogP contribution in [0.15, 0.2) is 77.3 Å². The van der Waals surface area contributed by atoms with E-state index >= 15 is 0 Å². The van der Waals surface area contributed by atoms with Crippen molar-refractivity contribution in [2.24, 2.45) is 0 Å². The van der Waals surface area contributed by atoms with Crippen LogP contribution in [0, 0.1) is 6.92 Å². The summed E-state index contributed by atoms with van der Waals surface area (Å²) in [5.41, 5.74) is 3.05. The molecule has 2 amide bonds. The third-order valence-corrected chi connectivity index (χ3v) is 7.61. The number of carbonyl (C=O) groups excluding carboxylic acids is 2. The summed E-state index contributed by atoms with van der Waals surface area (Å²) in [5, 5.41) is 3.63. The predicted octanol–water partition coefficient (Wildman–Crippen LogP) is 6.49. The van der Waals surface area contributed by atoms with Gasteiger partial charge in [-0.3, -0.25) is 9.59 Å². The van der Waals surface area contributed by atoms with Gasteiger partial charge in [-0.1, -0.05) is 95.0 Å². The minimum absolute atomic E-state index is 0.126. The average molecular weight is 584 g/mol. The Kier molecular flexibility index (Phi) is 9.64. The zero-order valence-corrected chi connectivity index (χ0v) is 23.3. The molecular weight excluding hydrogens is 552 g/mol. The molecule has 3 aromatic carbocycles. The minimum atomic E-state index is -0.681. The van der Waals surface area contributed by atoms with Crippen LogP contribution in [0.2, 0.25) is 5.02 Å². The number of carbonyl (C=O) groups is 2. The second-order valence-electron chi connectivity index (χ2n) is 9.51. The van der Waals surface area contributed by atoms with E-state index in [2.05, 4.69) is 21.2 Å². The van der Waals surface area contributed by atoms with Crippen molar-refractivity contribution < 1.29 is 14.3 Å². The van der Waals surface area contributed by atoms with Gasteiger partial charge in [-0.05, 0) is 54.7 Å². The van der Waals surface area contributed by atoms with Crippen LogP contribution >= 0.6 is 27.5 Å². The Balaban J connectivity index is 1.63. The van der Waals surface area contributed by atoms with E-state index in [1.807, 2.05) is 67.6 Å². The molecule has 5 nitrogen and oxygen atoms in total. The predicted molar refractivity (Wildman–Crippen MR) is 151 cm³/mol. The fourth-order valence-electron chi connectivity index (χ4n) is 4.71. The monoisotopic (exact) mass is 582 g/mol. The number of halogens is 2. The maximum atomic E-state index is 13.8. The number of hydrogen-bond donors (Lipinski definition) is 1. The summed E-state index contributed by atoms with van der Waals surface area (Å²) in [6.45, 7) is 2.09. The van der Waals surface area contributed by atoms with Gasteiger partial charge in [-0.2, -0.15) is 0 Å². The summed E-state index contributed by atoms with van der Waals surface area (Å²) in [4.78, 5) is 29.1. The zero-order chi connectivity index (χ0) is 26.2. The van der Waals surface area contributed by atoms with Crippen molar-refractivity contribution in [1.29, 1.82) is 0 Å². The van der Waals surface area contributed by atoms with Gasteiger partial charge in [-0.15, -0.1) is 0 Å². The van der Waals surface area contributed by atoms with Gasteiger partial charge in [0.25, 0.3) is 5.91 Å². The molecule has 1 aliphatic rings. The maximum Gasteiger partial charge on any atom is 0.261 e. The number of rotatable bonds is 10. The molecule has 0 saturated heterocycles. The fourth-order valence-corrected chi connectivity index (χ4v) is 5.44. The molecule has 1 saturated carbocycles. The lowest BCUT2D eigenvalue weighted by Crippen LogP contribution is -2.53. The van der Waals surface area contributed by atoms with Crippen molar-refractivity contribution in [2.75, 3.05) is 6.61 Å². The van der Waals surface area contributed by atoms with Crippen molar-refractivity contribution in [3.8, 4) is 5.75 Å². The Morgan fingerprint density at radius 2 is 1.76 bits per heavy atom. The van der Waals surface area contributed by atoms with E-state index in [1.54, 1.807) is 17.0 Å². The Hall–Kier alpha value is -2.83. The molecule has 0 spiro atoms. The molecule has 1 fully saturated rings. The number of amides is 2. The molecular formula is C30H32BrClN2O3. The molecule has 1 aliphatic carbocycles. The standard InChI is InChI=1S/C30H32BrClN2O3/c1-21-9-5-6-12-23(21)19-34(29(35)20-37-28-16-15-24(31)18-26(28)32)27(17-22-10-3-2-4-11-22)30(36)33-25-13-7-8-14-25/h2-6,9-12,15-16,18,25,27H,7-8,13-14,17,19-20H2,1H3,(H,33,36)/t27-/m0/s1. The second kappa shape index (κ2) is 13.1. The van der Waals surface area contributed by atoms with Gasteiger partial charge in [0, 0.05) is 23.5 Å². The van der Waals surface area contributed by atoms with E-state index in [-0.39, 0.29) is 24.5 Å². The SMILES string of the molecule is Cc1ccccc1CN(C(=O)COc1ccc(Br)cc1Cl)[C@@H](Cc1ccccc1)C(=O)NC1CCCC1. The number of aryl methyl sites for hydroxylation is 1. The van der Waals surface area contributed by atoms with Crippen LogP contribution in [-0.2, 0) is 22.6 Å². The van der Waals surface area contributed by atoms with Gasteiger partial charge < -0.3 is 15.0 Å². The zero-order valence-electron chi connectivity index (χ0n) is 21.0. The van der Waals surface area contributed by atoms with Gasteiger partial charge in [-0.25, -0.2) is 0 Å². The molecule has 7 heteroatoms. The number of benzene rings is 3. The third kappa shape index (κ3) is 7.59. The van der Waals surface area contributed by atoms with Gasteiger partial charge >= 0.3 is 0 Å². The van der Waals surface area contributed by atoms with Crippen molar-refractivity contribution in [3.05, 3.63) is 99.0 Å². The Labute approximate surface area is 232 Å². The van der Waals surface area contributed by atoms with Crippen molar-refractivity contribution in [3.63, 3.8) is 0 Å². The fraction of sp³-hybridized carbons (Fsp3) is 0.333. The van der Waals surface area contributed by atoms with E-state index in [0.717, 1.165) is 46.8 Å². The molecule has 0 aromatic heterocycles. The molecule has 194 valence electrons. The lowest BCUT2D eigenvalue weighted by Gasteiger charge is -2.32. The summed E-state index contributed by atoms with van der Waals surface area (Å²) >= 11 is 9.70. The lowest BCUT2D eigenvalue weighted by atomic mass is 10.0. The topological polar surface area (TPSA) is 58.6 Å². The summed E-state index contributed by atoms with van der Waals surface area (Å²) in [5.74, 6) is 0.0215. The Morgan fingerprint density at radius 1 is 1.05 bits per heavy atom. The normalized spacial score (nSPS) is 14.2. The van der Waals surface area contributed by atoms with Gasteiger partial charge in [0.1, 0.15) is 11.8 Å². The first-order valence-corrected chi connectivity index (χ1v) is 13.8. The van der Waals surface area contributed by atoms with Gasteiger partial charge in [0.2, 0.25) is 5.91 Å². The second-order valence-corrected chi connectivity index (χ2v) is 10.8. The quantitative estimate of drug-likeness (QED) is 0.297. The van der Waals surface area contributed by atoms with Crippen LogP contribution in [-0.4, -0.2) is 35.4 Å². The highest BCUT2D eigenvalue weighted by molar-refractivity contribution is 9.10. The molecule has 0 bridgehead atoms. The van der Waals surface area contributed by atoms with Crippen LogP contribution in [0.4, 0.5) is 0 Å². The molecule has 1 atom stereocenters. The van der Waals surface area contributed by atoms with Crippen molar-refractivity contribution >= 4 is 39.3 Å². The first-order valence-electron chi connectivity index (χ1n) is 12.7. The van der Waals surface area contributed by atoms with Crippen LogP contribution in [0.5, 0.6) is 5.75 Å². The van der Waals surface area contributed by atoms with E-state index < -0.39 is 6.04 Å². The largest absolute Gasteiger partial charge is 0.482 e. The van der Waals surface area contributed by atoms with Crippen molar-refractivity contribution in [1.82, 2.24) is 10.2 Å². The van der Waals surface area contributed by atoms with E-state index in [9.17, 15) is 9.59 Å². The molecule has 1 N–H and O–H groups in total. The molecule has 4 rings (SSSR count). The summed E-state index contributed by atoms with van der Waals surface area (Å²) in [7, 11) is 0. The van der Waals surface area contributed by atoms with E-state index in [4.69, 9.17) is 16.3 Å². The van der Waals surface area contributed by atoms with Crippen LogP contribution in [0.3, 0.4) is 0 Å². The number of nitrogens with one attached hydrogen (secondary N) is 1. The number of nitrogens with zero attached hydrogens (tertiary/aromatic N) is 1. The molecule has 37 heavy (non-hydrogen) atoms. The highest BCUT2D eigenvalue weighted by Crippen LogP contribution is 2.28. The molecule has 0 aliphatic heterocycles. The summed E-state index contributed by atoms with van der Waals surface area (Å²) in [6.07, 6.45) is 4.58. The third-order valence-electron chi connectivity index (χ3n) is 6.82. The van der Waals surface area contributed by atoms with Gasteiger partial charge in [0.05, 0.1) is 5.02 Å². The van der Waals surface area contributed by atoms with Crippen LogP contribution in [0.1, 0.15) is 42.4 Å². The smallest absolute Gasteiger partial charge is 0.261 e. The summed E-state index contributed by atoms with van der Waals surface area (Å²) in [6, 6.07) is 22.5. The summed E-state index contributed by atoms with van der Waals surface area (Å²) < 4.78 is 6.66. The lowest BCUT2D eigenvalue weighted by molar-refractivity contribution is -0.143. The molecule has 0 radical (unpaired) electrons. The highest BCUT2D eigenvalue weighted by atomic mass is 79.9. The first kappa shape index (κ1) is 27.2. The molecule has 3 aromatic rings. The van der Waals surface area contributed by atoms with E-state index in [0.29, 0.717) is 23.7 Å². The maximum absolute atomic E-state index is 13.8. The Bertz CT molecular complexity index is 1210. The first-order chi connectivity index (χ1) is 17.9. The number of ether oxygens (including phenoxy) is 1. The average Bonchev–Trinajstić information content (AvgIpc) is 3.40.